The van der Waals surface area contributed by atoms with Crippen molar-refractivity contribution in [3.05, 3.63) is 52.8 Å². The van der Waals surface area contributed by atoms with Crippen LogP contribution in [0.15, 0.2) is 41.7 Å². The maximum absolute atomic E-state index is 12.1. The van der Waals surface area contributed by atoms with Crippen LogP contribution >= 0.6 is 0 Å². The van der Waals surface area contributed by atoms with E-state index in [9.17, 15) is 4.79 Å². The van der Waals surface area contributed by atoms with Crippen molar-refractivity contribution in [1.82, 2.24) is 4.90 Å². The second-order valence-electron chi connectivity index (χ2n) is 7.53. The molecule has 0 saturated carbocycles. The first-order valence-corrected chi connectivity index (χ1v) is 9.30. The third kappa shape index (κ3) is 3.18. The van der Waals surface area contributed by atoms with Crippen molar-refractivity contribution in [2.75, 3.05) is 20.7 Å². The van der Waals surface area contributed by atoms with Crippen LogP contribution in [-0.4, -0.2) is 37.6 Å². The molecule has 0 radical (unpaired) electrons. The monoisotopic (exact) mass is 355 g/mol. The standard InChI is InChI=1S/C22H29NO3/c1-6-15(2)21(24)26-18-9-10-22(11-12-23(4)20(22)14-18)17-7-8-19(25-5)16(3)13-17/h6-9,13,20H,10-12,14H2,1-5H3/b15-6+/t20-,22-/m0/s1. The Labute approximate surface area is 156 Å². The molecule has 0 aromatic heterocycles. The number of ether oxygens (including phenoxy) is 2. The van der Waals surface area contributed by atoms with Gasteiger partial charge in [-0.3, -0.25) is 0 Å². The van der Waals surface area contributed by atoms with Gasteiger partial charge in [0.2, 0.25) is 0 Å². The Morgan fingerprint density at radius 1 is 1.38 bits per heavy atom. The van der Waals surface area contributed by atoms with E-state index in [-0.39, 0.29) is 11.4 Å². The molecule has 1 heterocycles. The lowest BCUT2D eigenvalue weighted by Crippen LogP contribution is -2.43. The number of carbonyl (C=O) groups excluding carboxylic acids is 1. The first-order valence-electron chi connectivity index (χ1n) is 9.30. The van der Waals surface area contributed by atoms with Gasteiger partial charge in [0.15, 0.2) is 0 Å². The van der Waals surface area contributed by atoms with E-state index in [0.29, 0.717) is 11.6 Å². The summed E-state index contributed by atoms with van der Waals surface area (Å²) in [5, 5.41) is 0. The van der Waals surface area contributed by atoms with Crippen LogP contribution in [0.4, 0.5) is 0 Å². The topological polar surface area (TPSA) is 38.8 Å². The zero-order valence-electron chi connectivity index (χ0n) is 16.5. The molecule has 1 aliphatic carbocycles. The lowest BCUT2D eigenvalue weighted by Gasteiger charge is -2.41. The molecule has 26 heavy (non-hydrogen) atoms. The summed E-state index contributed by atoms with van der Waals surface area (Å²) in [4.78, 5) is 14.5. The normalized spacial score (nSPS) is 26.3. The van der Waals surface area contributed by atoms with E-state index in [2.05, 4.69) is 43.1 Å². The first kappa shape index (κ1) is 18.7. The summed E-state index contributed by atoms with van der Waals surface area (Å²) >= 11 is 0. The van der Waals surface area contributed by atoms with Gasteiger partial charge in [-0.1, -0.05) is 18.2 Å². The van der Waals surface area contributed by atoms with Gasteiger partial charge in [-0.25, -0.2) is 4.79 Å². The second-order valence-corrected chi connectivity index (χ2v) is 7.53. The SMILES string of the molecule is C/C=C(\C)C(=O)OC1=CC[C@@]2(c3ccc(OC)c(C)c3)CCN(C)[C@H]2C1. The van der Waals surface area contributed by atoms with Crippen LogP contribution in [0.1, 0.15) is 44.2 Å². The molecular formula is C22H29NO3. The third-order valence-electron chi connectivity index (χ3n) is 6.12. The fraction of sp³-hybridized carbons (Fsp3) is 0.500. The van der Waals surface area contributed by atoms with Crippen molar-refractivity contribution in [1.29, 1.82) is 0 Å². The molecule has 1 fully saturated rings. The van der Waals surface area contributed by atoms with Crippen molar-refractivity contribution >= 4 is 5.97 Å². The largest absolute Gasteiger partial charge is 0.496 e. The Morgan fingerprint density at radius 3 is 2.81 bits per heavy atom. The minimum absolute atomic E-state index is 0.0807. The third-order valence-corrected chi connectivity index (χ3v) is 6.12. The van der Waals surface area contributed by atoms with E-state index in [0.717, 1.165) is 42.9 Å². The highest BCUT2D eigenvalue weighted by Gasteiger charge is 2.49. The Hall–Kier alpha value is -2.07. The molecule has 2 atom stereocenters. The number of carbonyl (C=O) groups is 1. The summed E-state index contributed by atoms with van der Waals surface area (Å²) in [6, 6.07) is 6.88. The number of likely N-dealkylation sites (N-methyl/N-ethyl adjacent to an activating group) is 1. The number of fused-ring (bicyclic) bond motifs is 1. The number of esters is 1. The molecule has 140 valence electrons. The Kier molecular flexibility index (Phi) is 5.24. The van der Waals surface area contributed by atoms with Crippen LogP contribution in [-0.2, 0) is 14.9 Å². The minimum Gasteiger partial charge on any atom is -0.496 e. The van der Waals surface area contributed by atoms with Crippen molar-refractivity contribution in [3.63, 3.8) is 0 Å². The number of benzene rings is 1. The molecular weight excluding hydrogens is 326 g/mol. The highest BCUT2D eigenvalue weighted by Crippen LogP contribution is 2.48. The van der Waals surface area contributed by atoms with Crippen LogP contribution in [0, 0.1) is 6.92 Å². The fourth-order valence-corrected chi connectivity index (χ4v) is 4.32. The highest BCUT2D eigenvalue weighted by molar-refractivity contribution is 5.88. The van der Waals surface area contributed by atoms with Crippen LogP contribution in [0.5, 0.6) is 5.75 Å². The number of nitrogens with zero attached hydrogens (tertiary/aromatic N) is 1. The summed E-state index contributed by atoms with van der Waals surface area (Å²) in [6.45, 7) is 6.79. The summed E-state index contributed by atoms with van der Waals surface area (Å²) in [5.41, 5.74) is 3.25. The smallest absolute Gasteiger partial charge is 0.338 e. The van der Waals surface area contributed by atoms with Gasteiger partial charge < -0.3 is 14.4 Å². The predicted molar refractivity (Wildman–Crippen MR) is 103 cm³/mol. The molecule has 0 spiro atoms. The van der Waals surface area contributed by atoms with E-state index in [1.165, 1.54) is 5.56 Å². The second kappa shape index (κ2) is 7.28. The zero-order valence-corrected chi connectivity index (χ0v) is 16.5. The van der Waals surface area contributed by atoms with E-state index in [1.807, 2.05) is 6.92 Å². The first-order chi connectivity index (χ1) is 12.4. The number of aryl methyl sites for hydroxylation is 1. The highest BCUT2D eigenvalue weighted by atomic mass is 16.5. The molecule has 1 saturated heterocycles. The van der Waals surface area contributed by atoms with Crippen LogP contribution in [0.25, 0.3) is 0 Å². The van der Waals surface area contributed by atoms with E-state index >= 15 is 0 Å². The zero-order chi connectivity index (χ0) is 18.9. The molecule has 4 nitrogen and oxygen atoms in total. The number of rotatable bonds is 4. The van der Waals surface area contributed by atoms with Crippen molar-refractivity contribution in [2.45, 2.75) is 51.5 Å². The molecule has 1 aromatic rings. The maximum Gasteiger partial charge on any atom is 0.338 e. The Bertz CT molecular complexity index is 765. The van der Waals surface area contributed by atoms with Crippen molar-refractivity contribution in [3.8, 4) is 5.75 Å². The molecule has 0 unspecified atom stereocenters. The lowest BCUT2D eigenvalue weighted by molar-refractivity contribution is -0.135. The van der Waals surface area contributed by atoms with Gasteiger partial charge >= 0.3 is 5.97 Å². The molecule has 4 heteroatoms. The molecule has 1 aliphatic heterocycles. The van der Waals surface area contributed by atoms with E-state index < -0.39 is 0 Å². The molecule has 2 aliphatic rings. The van der Waals surface area contributed by atoms with Crippen LogP contribution in [0.3, 0.4) is 0 Å². The fourth-order valence-electron chi connectivity index (χ4n) is 4.32. The van der Waals surface area contributed by atoms with E-state index in [4.69, 9.17) is 9.47 Å². The molecule has 0 amide bonds. The summed E-state index contributed by atoms with van der Waals surface area (Å²) < 4.78 is 11.1. The predicted octanol–water partition coefficient (Wildman–Crippen LogP) is 4.13. The van der Waals surface area contributed by atoms with Crippen LogP contribution < -0.4 is 4.74 Å². The van der Waals surface area contributed by atoms with Crippen LogP contribution in [0.2, 0.25) is 0 Å². The quantitative estimate of drug-likeness (QED) is 0.601. The number of likely N-dealkylation sites (tertiary alicyclic amines) is 1. The molecule has 1 aromatic carbocycles. The average molecular weight is 355 g/mol. The Balaban J connectivity index is 1.90. The minimum atomic E-state index is -0.243. The molecule has 3 rings (SSSR count). The van der Waals surface area contributed by atoms with Gasteiger partial charge in [0.1, 0.15) is 11.5 Å². The summed E-state index contributed by atoms with van der Waals surface area (Å²) in [5.74, 6) is 1.49. The maximum atomic E-state index is 12.1. The number of hydrogen-bond donors (Lipinski definition) is 0. The summed E-state index contributed by atoms with van der Waals surface area (Å²) in [6.07, 6.45) is 6.69. The van der Waals surface area contributed by atoms with Gasteiger partial charge in [-0.2, -0.15) is 0 Å². The lowest BCUT2D eigenvalue weighted by atomic mass is 9.68. The van der Waals surface area contributed by atoms with Gasteiger partial charge in [-0.15, -0.1) is 0 Å². The number of allylic oxidation sites excluding steroid dienone is 2. The molecule has 0 N–H and O–H groups in total. The van der Waals surface area contributed by atoms with Crippen molar-refractivity contribution in [2.24, 2.45) is 0 Å². The molecule has 0 bridgehead atoms. The van der Waals surface area contributed by atoms with Gasteiger partial charge in [0.25, 0.3) is 0 Å². The van der Waals surface area contributed by atoms with Crippen molar-refractivity contribution < 1.29 is 14.3 Å². The van der Waals surface area contributed by atoms with Gasteiger partial charge in [-0.05, 0) is 70.5 Å². The van der Waals surface area contributed by atoms with E-state index in [1.54, 1.807) is 20.1 Å². The number of methoxy groups -OCH3 is 1. The Morgan fingerprint density at radius 2 is 2.15 bits per heavy atom. The van der Waals surface area contributed by atoms with Gasteiger partial charge in [0.05, 0.1) is 7.11 Å². The van der Waals surface area contributed by atoms with Gasteiger partial charge in [0, 0.05) is 23.5 Å². The summed E-state index contributed by atoms with van der Waals surface area (Å²) in [7, 11) is 3.88. The average Bonchev–Trinajstić information content (AvgIpc) is 2.98. The number of hydrogen-bond acceptors (Lipinski definition) is 4.